The van der Waals surface area contributed by atoms with Gasteiger partial charge in [-0.15, -0.1) is 0 Å². The molecule has 4 nitrogen and oxygen atoms in total. The van der Waals surface area contributed by atoms with E-state index in [2.05, 4.69) is 6.92 Å². The van der Waals surface area contributed by atoms with Gasteiger partial charge in [0.15, 0.2) is 0 Å². The van der Waals surface area contributed by atoms with Crippen molar-refractivity contribution in [2.24, 2.45) is 0 Å². The van der Waals surface area contributed by atoms with E-state index >= 15 is 0 Å². The molecule has 0 aromatic heterocycles. The maximum atomic E-state index is 12.0. The van der Waals surface area contributed by atoms with E-state index in [1.807, 2.05) is 16.8 Å². The molecule has 1 aliphatic heterocycles. The zero-order valence-corrected chi connectivity index (χ0v) is 10.1. The molecule has 2 rings (SSSR count). The number of nitrogens with zero attached hydrogens (tertiary/aromatic N) is 2. The van der Waals surface area contributed by atoms with Crippen LogP contribution in [0, 0.1) is 0 Å². The van der Waals surface area contributed by atoms with Crippen molar-refractivity contribution in [1.29, 1.82) is 0 Å². The van der Waals surface area contributed by atoms with Gasteiger partial charge in [-0.1, -0.05) is 6.92 Å². The van der Waals surface area contributed by atoms with Crippen molar-refractivity contribution in [3.63, 3.8) is 0 Å². The van der Waals surface area contributed by atoms with Gasteiger partial charge in [0.1, 0.15) is 5.78 Å². The van der Waals surface area contributed by atoms with Crippen LogP contribution in [-0.4, -0.2) is 47.3 Å². The average molecular weight is 224 g/mol. The minimum atomic E-state index is 0.145. The van der Waals surface area contributed by atoms with Gasteiger partial charge in [-0.25, -0.2) is 4.79 Å². The van der Waals surface area contributed by atoms with Crippen molar-refractivity contribution in [1.82, 2.24) is 9.80 Å². The van der Waals surface area contributed by atoms with E-state index in [4.69, 9.17) is 0 Å². The maximum absolute atomic E-state index is 12.0. The molecule has 90 valence electrons. The van der Waals surface area contributed by atoms with Gasteiger partial charge in [0.05, 0.1) is 6.04 Å². The Labute approximate surface area is 96.6 Å². The first kappa shape index (κ1) is 11.4. The third-order valence-electron chi connectivity index (χ3n) is 3.93. The number of Topliss-reactive ketones (excluding diaryl/α,β-unsaturated/α-hetero) is 1. The Morgan fingerprint density at radius 1 is 1.25 bits per heavy atom. The summed E-state index contributed by atoms with van der Waals surface area (Å²) in [6.07, 6.45) is 4.01. The summed E-state index contributed by atoms with van der Waals surface area (Å²) in [5.41, 5.74) is 0. The SMILES string of the molecule is CCC1CN(C2CCC(=O)CC2)C(=O)N1C. The monoisotopic (exact) mass is 224 g/mol. The molecule has 4 heteroatoms. The first-order valence-electron chi connectivity index (χ1n) is 6.18. The summed E-state index contributed by atoms with van der Waals surface area (Å²) in [6.45, 7) is 2.95. The first-order chi connectivity index (χ1) is 7.63. The quantitative estimate of drug-likeness (QED) is 0.715. The number of hydrogen-bond donors (Lipinski definition) is 0. The third kappa shape index (κ3) is 1.93. The van der Waals surface area contributed by atoms with Crippen molar-refractivity contribution in [2.75, 3.05) is 13.6 Å². The van der Waals surface area contributed by atoms with E-state index in [1.54, 1.807) is 0 Å². The van der Waals surface area contributed by atoms with Gasteiger partial charge in [0.25, 0.3) is 0 Å². The lowest BCUT2D eigenvalue weighted by Gasteiger charge is -2.29. The van der Waals surface area contributed by atoms with E-state index in [1.165, 1.54) is 0 Å². The molecular formula is C12H20N2O2. The molecule has 0 bridgehead atoms. The van der Waals surface area contributed by atoms with Gasteiger partial charge in [-0.2, -0.15) is 0 Å². The van der Waals surface area contributed by atoms with E-state index in [0.717, 1.165) is 25.8 Å². The van der Waals surface area contributed by atoms with Crippen LogP contribution in [0.2, 0.25) is 0 Å². The summed E-state index contributed by atoms with van der Waals surface area (Å²) >= 11 is 0. The van der Waals surface area contributed by atoms with Gasteiger partial charge in [0.2, 0.25) is 0 Å². The van der Waals surface area contributed by atoms with Crippen LogP contribution in [0.4, 0.5) is 4.79 Å². The first-order valence-corrected chi connectivity index (χ1v) is 6.18. The van der Waals surface area contributed by atoms with Crippen LogP contribution in [0.1, 0.15) is 39.0 Å². The third-order valence-corrected chi connectivity index (χ3v) is 3.93. The molecule has 0 aromatic carbocycles. The van der Waals surface area contributed by atoms with Crippen LogP contribution in [-0.2, 0) is 4.79 Å². The van der Waals surface area contributed by atoms with Crippen LogP contribution in [0.25, 0.3) is 0 Å². The fourth-order valence-corrected chi connectivity index (χ4v) is 2.73. The van der Waals surface area contributed by atoms with Crippen LogP contribution in [0.5, 0.6) is 0 Å². The molecule has 1 saturated heterocycles. The summed E-state index contributed by atoms with van der Waals surface area (Å²) < 4.78 is 0. The van der Waals surface area contributed by atoms with Gasteiger partial charge < -0.3 is 9.80 Å². The van der Waals surface area contributed by atoms with E-state index < -0.39 is 0 Å². The summed E-state index contributed by atoms with van der Waals surface area (Å²) in [5.74, 6) is 0.350. The molecular weight excluding hydrogens is 204 g/mol. The van der Waals surface area contributed by atoms with Crippen LogP contribution in [0.15, 0.2) is 0 Å². The Balaban J connectivity index is 2.00. The van der Waals surface area contributed by atoms with Crippen molar-refractivity contribution >= 4 is 11.8 Å². The zero-order chi connectivity index (χ0) is 11.7. The lowest BCUT2D eigenvalue weighted by Crippen LogP contribution is -2.40. The van der Waals surface area contributed by atoms with Gasteiger partial charge >= 0.3 is 6.03 Å². The molecule has 1 unspecified atom stereocenters. The molecule has 0 spiro atoms. The summed E-state index contributed by atoms with van der Waals surface area (Å²) in [5, 5.41) is 0. The fourth-order valence-electron chi connectivity index (χ4n) is 2.73. The van der Waals surface area contributed by atoms with Crippen LogP contribution >= 0.6 is 0 Å². The number of carbonyl (C=O) groups excluding carboxylic acids is 2. The summed E-state index contributed by atoms with van der Waals surface area (Å²) in [4.78, 5) is 27.0. The highest BCUT2D eigenvalue weighted by Crippen LogP contribution is 2.26. The van der Waals surface area contributed by atoms with Crippen LogP contribution in [0.3, 0.4) is 0 Å². The topological polar surface area (TPSA) is 40.6 Å². The maximum Gasteiger partial charge on any atom is 0.320 e. The number of hydrogen-bond acceptors (Lipinski definition) is 2. The Morgan fingerprint density at radius 3 is 2.38 bits per heavy atom. The Morgan fingerprint density at radius 2 is 1.88 bits per heavy atom. The largest absolute Gasteiger partial charge is 0.323 e. The average Bonchev–Trinajstić information content (AvgIpc) is 2.57. The zero-order valence-electron chi connectivity index (χ0n) is 10.1. The normalized spacial score (nSPS) is 28.0. The molecule has 16 heavy (non-hydrogen) atoms. The molecule has 1 heterocycles. The predicted octanol–water partition coefficient (Wildman–Crippen LogP) is 1.64. The number of rotatable bonds is 2. The fraction of sp³-hybridized carbons (Fsp3) is 0.833. The highest BCUT2D eigenvalue weighted by atomic mass is 16.2. The van der Waals surface area contributed by atoms with E-state index in [-0.39, 0.29) is 6.03 Å². The lowest BCUT2D eigenvalue weighted by molar-refractivity contribution is -0.121. The number of carbonyl (C=O) groups is 2. The molecule has 2 aliphatic rings. The molecule has 2 amide bonds. The van der Waals surface area contributed by atoms with Crippen LogP contribution < -0.4 is 0 Å². The predicted molar refractivity (Wildman–Crippen MR) is 61.2 cm³/mol. The smallest absolute Gasteiger partial charge is 0.320 e. The minimum absolute atomic E-state index is 0.145. The standard InChI is InChI=1S/C12H20N2O2/c1-3-9-8-14(12(16)13(9)2)10-4-6-11(15)7-5-10/h9-10H,3-8H2,1-2H3. The molecule has 0 aromatic rings. The summed E-state index contributed by atoms with van der Waals surface area (Å²) in [7, 11) is 1.88. The Kier molecular flexibility index (Phi) is 3.17. The molecule has 0 radical (unpaired) electrons. The highest BCUT2D eigenvalue weighted by Gasteiger charge is 2.38. The molecule has 0 N–H and O–H groups in total. The number of ketones is 1. The van der Waals surface area contributed by atoms with E-state index in [0.29, 0.717) is 30.7 Å². The second kappa shape index (κ2) is 4.44. The molecule has 1 saturated carbocycles. The van der Waals surface area contributed by atoms with Gasteiger partial charge in [0, 0.05) is 32.5 Å². The molecule has 2 fully saturated rings. The number of likely N-dealkylation sites (N-methyl/N-ethyl adjacent to an activating group) is 1. The minimum Gasteiger partial charge on any atom is -0.323 e. The van der Waals surface area contributed by atoms with Crippen molar-refractivity contribution in [3.8, 4) is 0 Å². The Hall–Kier alpha value is -1.06. The molecule has 1 atom stereocenters. The highest BCUT2D eigenvalue weighted by molar-refractivity contribution is 5.80. The van der Waals surface area contributed by atoms with Gasteiger partial charge in [-0.05, 0) is 19.3 Å². The summed E-state index contributed by atoms with van der Waals surface area (Å²) in [6, 6.07) is 0.792. The number of urea groups is 1. The van der Waals surface area contributed by atoms with E-state index in [9.17, 15) is 9.59 Å². The second-order valence-electron chi connectivity index (χ2n) is 4.88. The lowest BCUT2D eigenvalue weighted by atomic mass is 9.93. The molecule has 1 aliphatic carbocycles. The van der Waals surface area contributed by atoms with Crippen molar-refractivity contribution in [2.45, 2.75) is 51.1 Å². The van der Waals surface area contributed by atoms with Gasteiger partial charge in [-0.3, -0.25) is 4.79 Å². The second-order valence-corrected chi connectivity index (χ2v) is 4.88. The van der Waals surface area contributed by atoms with Crippen molar-refractivity contribution in [3.05, 3.63) is 0 Å². The Bertz CT molecular complexity index is 293. The van der Waals surface area contributed by atoms with Crippen molar-refractivity contribution < 1.29 is 9.59 Å². The number of amides is 2.